The van der Waals surface area contributed by atoms with Crippen LogP contribution < -0.4 is 5.73 Å². The van der Waals surface area contributed by atoms with Gasteiger partial charge in [-0.2, -0.15) is 0 Å². The molecule has 0 aromatic carbocycles. The molecule has 2 aliphatic carbocycles. The molecule has 1 heterocycles. The Morgan fingerprint density at radius 2 is 1.94 bits per heavy atom. The highest BCUT2D eigenvalue weighted by Gasteiger charge is 2.45. The minimum Gasteiger partial charge on any atom is -0.370 e. The predicted molar refractivity (Wildman–Crippen MR) is 75.5 cm³/mol. The van der Waals surface area contributed by atoms with Gasteiger partial charge in [0.05, 0.1) is 12.1 Å². The second kappa shape index (κ2) is 4.75. The molecule has 0 bridgehead atoms. The molecule has 0 amide bonds. The van der Waals surface area contributed by atoms with Crippen molar-refractivity contribution in [1.29, 1.82) is 0 Å². The third kappa shape index (κ3) is 2.24. The number of aliphatic imine (C=N–C) groups is 1. The van der Waals surface area contributed by atoms with Crippen LogP contribution in [0.2, 0.25) is 0 Å². The molecule has 2 saturated carbocycles. The second-order valence-electron chi connectivity index (χ2n) is 6.68. The number of hydrogen-bond acceptors (Lipinski definition) is 3. The smallest absolute Gasteiger partial charge is 0.191 e. The molecule has 3 aliphatic rings. The predicted octanol–water partition coefficient (Wildman–Crippen LogP) is 2.76. The van der Waals surface area contributed by atoms with Gasteiger partial charge in [0.15, 0.2) is 5.96 Å². The highest BCUT2D eigenvalue weighted by Crippen LogP contribution is 2.42. The number of nitrogens with two attached hydrogens (primary N) is 1. The first kappa shape index (κ1) is 12.3. The van der Waals surface area contributed by atoms with Crippen molar-refractivity contribution in [3.8, 4) is 0 Å². The van der Waals surface area contributed by atoms with E-state index in [9.17, 15) is 0 Å². The molecule has 102 valence electrons. The summed E-state index contributed by atoms with van der Waals surface area (Å²) in [6.45, 7) is 4.44. The first-order valence-electron chi connectivity index (χ1n) is 7.81. The molecule has 0 unspecified atom stereocenters. The highest BCUT2D eigenvalue weighted by molar-refractivity contribution is 5.81. The molecule has 1 spiro atoms. The Kier molecular flexibility index (Phi) is 3.25. The zero-order chi connectivity index (χ0) is 12.6. The third-order valence-electron chi connectivity index (χ3n) is 5.26. The molecule has 0 aromatic heterocycles. The number of rotatable bonds is 4. The zero-order valence-electron chi connectivity index (χ0n) is 11.7. The van der Waals surface area contributed by atoms with Gasteiger partial charge >= 0.3 is 0 Å². The summed E-state index contributed by atoms with van der Waals surface area (Å²) in [7, 11) is 0. The summed E-state index contributed by atoms with van der Waals surface area (Å²) < 4.78 is 0. The van der Waals surface area contributed by atoms with Crippen LogP contribution in [0, 0.1) is 11.8 Å². The third-order valence-corrected chi connectivity index (χ3v) is 5.26. The van der Waals surface area contributed by atoms with Gasteiger partial charge in [-0.1, -0.05) is 19.8 Å². The van der Waals surface area contributed by atoms with Crippen molar-refractivity contribution in [1.82, 2.24) is 4.90 Å². The van der Waals surface area contributed by atoms with Crippen molar-refractivity contribution in [2.24, 2.45) is 22.6 Å². The van der Waals surface area contributed by atoms with Gasteiger partial charge in [-0.05, 0) is 50.4 Å². The second-order valence-corrected chi connectivity index (χ2v) is 6.68. The van der Waals surface area contributed by atoms with Gasteiger partial charge in [0, 0.05) is 6.54 Å². The van der Waals surface area contributed by atoms with Crippen molar-refractivity contribution in [3.63, 3.8) is 0 Å². The fraction of sp³-hybridized carbons (Fsp3) is 0.933. The van der Waals surface area contributed by atoms with E-state index in [2.05, 4.69) is 16.8 Å². The SMILES string of the molecule is CCCC1CCC2(CC1)CN=C(N)N2CC1CC1. The van der Waals surface area contributed by atoms with E-state index in [1.54, 1.807) is 0 Å². The average molecular weight is 249 g/mol. The lowest BCUT2D eigenvalue weighted by Crippen LogP contribution is -2.54. The van der Waals surface area contributed by atoms with Crippen molar-refractivity contribution in [2.45, 2.75) is 63.8 Å². The van der Waals surface area contributed by atoms with E-state index in [-0.39, 0.29) is 0 Å². The van der Waals surface area contributed by atoms with Gasteiger partial charge in [0.2, 0.25) is 0 Å². The van der Waals surface area contributed by atoms with Crippen molar-refractivity contribution < 1.29 is 0 Å². The highest BCUT2D eigenvalue weighted by atomic mass is 15.4. The summed E-state index contributed by atoms with van der Waals surface area (Å²) in [5, 5.41) is 0. The normalized spacial score (nSPS) is 36.2. The maximum atomic E-state index is 6.13. The fourth-order valence-electron chi connectivity index (χ4n) is 3.83. The van der Waals surface area contributed by atoms with Crippen LogP contribution in [0.3, 0.4) is 0 Å². The molecule has 3 nitrogen and oxygen atoms in total. The summed E-state index contributed by atoms with van der Waals surface area (Å²) in [6.07, 6.45) is 11.0. The molecular formula is C15H27N3. The molecule has 0 aromatic rings. The van der Waals surface area contributed by atoms with Crippen LogP contribution in [0.5, 0.6) is 0 Å². The van der Waals surface area contributed by atoms with Crippen LogP contribution in [0.1, 0.15) is 58.3 Å². The van der Waals surface area contributed by atoms with E-state index in [1.165, 1.54) is 57.9 Å². The van der Waals surface area contributed by atoms with Gasteiger partial charge in [0.1, 0.15) is 0 Å². The summed E-state index contributed by atoms with van der Waals surface area (Å²) in [6, 6.07) is 0. The maximum absolute atomic E-state index is 6.13. The number of guanidine groups is 1. The van der Waals surface area contributed by atoms with Crippen LogP contribution in [-0.2, 0) is 0 Å². The Bertz CT molecular complexity index is 325. The molecule has 0 saturated heterocycles. The summed E-state index contributed by atoms with van der Waals surface area (Å²) >= 11 is 0. The topological polar surface area (TPSA) is 41.6 Å². The Balaban J connectivity index is 1.63. The lowest BCUT2D eigenvalue weighted by atomic mass is 9.74. The van der Waals surface area contributed by atoms with Crippen LogP contribution in [0.25, 0.3) is 0 Å². The molecule has 0 atom stereocenters. The largest absolute Gasteiger partial charge is 0.370 e. The quantitative estimate of drug-likeness (QED) is 0.832. The van der Waals surface area contributed by atoms with E-state index in [1.807, 2.05) is 0 Å². The molecule has 2 fully saturated rings. The molecular weight excluding hydrogens is 222 g/mol. The zero-order valence-corrected chi connectivity index (χ0v) is 11.7. The molecule has 3 rings (SSSR count). The summed E-state index contributed by atoms with van der Waals surface area (Å²) in [5.41, 5.74) is 6.45. The molecule has 0 radical (unpaired) electrons. The average Bonchev–Trinajstić information content (AvgIpc) is 3.15. The van der Waals surface area contributed by atoms with E-state index in [0.717, 1.165) is 24.3 Å². The fourth-order valence-corrected chi connectivity index (χ4v) is 3.83. The van der Waals surface area contributed by atoms with Gasteiger partial charge < -0.3 is 10.6 Å². The molecule has 1 aliphatic heterocycles. The molecule has 18 heavy (non-hydrogen) atoms. The minimum absolute atomic E-state index is 0.316. The Morgan fingerprint density at radius 1 is 1.22 bits per heavy atom. The lowest BCUT2D eigenvalue weighted by Gasteiger charge is -2.44. The van der Waals surface area contributed by atoms with Crippen molar-refractivity contribution in [2.75, 3.05) is 13.1 Å². The van der Waals surface area contributed by atoms with Gasteiger partial charge in [-0.3, -0.25) is 4.99 Å². The summed E-state index contributed by atoms with van der Waals surface area (Å²) in [5.74, 6) is 2.70. The van der Waals surface area contributed by atoms with Crippen LogP contribution in [0.15, 0.2) is 4.99 Å². The van der Waals surface area contributed by atoms with Crippen molar-refractivity contribution in [3.05, 3.63) is 0 Å². The lowest BCUT2D eigenvalue weighted by molar-refractivity contribution is 0.110. The Labute approximate surface area is 111 Å². The van der Waals surface area contributed by atoms with Crippen molar-refractivity contribution >= 4 is 5.96 Å². The number of nitrogens with zero attached hydrogens (tertiary/aromatic N) is 2. The molecule has 3 heteroatoms. The number of hydrogen-bond donors (Lipinski definition) is 1. The maximum Gasteiger partial charge on any atom is 0.191 e. The van der Waals surface area contributed by atoms with Crippen LogP contribution in [-0.4, -0.2) is 29.5 Å². The van der Waals surface area contributed by atoms with E-state index in [0.29, 0.717) is 5.54 Å². The van der Waals surface area contributed by atoms with Gasteiger partial charge in [-0.15, -0.1) is 0 Å². The van der Waals surface area contributed by atoms with Crippen LogP contribution in [0.4, 0.5) is 0 Å². The monoisotopic (exact) mass is 249 g/mol. The standard InChI is InChI=1S/C15H27N3/c1-2-3-12-6-8-15(9-7-12)11-17-14(16)18(15)10-13-4-5-13/h12-13H,2-11H2,1H3,(H2,16,17). The first-order valence-corrected chi connectivity index (χ1v) is 7.81. The van der Waals surface area contributed by atoms with E-state index >= 15 is 0 Å². The van der Waals surface area contributed by atoms with E-state index in [4.69, 9.17) is 5.73 Å². The van der Waals surface area contributed by atoms with Crippen LogP contribution >= 0.6 is 0 Å². The van der Waals surface area contributed by atoms with E-state index < -0.39 is 0 Å². The van der Waals surface area contributed by atoms with Gasteiger partial charge in [0.25, 0.3) is 0 Å². The minimum atomic E-state index is 0.316. The Hall–Kier alpha value is -0.730. The summed E-state index contributed by atoms with van der Waals surface area (Å²) in [4.78, 5) is 7.05. The van der Waals surface area contributed by atoms with Gasteiger partial charge in [-0.25, -0.2) is 0 Å². The first-order chi connectivity index (χ1) is 8.73. The Morgan fingerprint density at radius 3 is 2.56 bits per heavy atom. The molecule has 2 N–H and O–H groups in total.